The molecule has 0 saturated carbocycles. The maximum Gasteiger partial charge on any atom is 0.362 e. The van der Waals surface area contributed by atoms with Crippen LogP contribution in [0.5, 0.6) is 0 Å². The van der Waals surface area contributed by atoms with Crippen molar-refractivity contribution >= 4 is 17.8 Å². The summed E-state index contributed by atoms with van der Waals surface area (Å²) in [5, 5.41) is 6.99. The van der Waals surface area contributed by atoms with Crippen LogP contribution in [0.4, 0.5) is 5.82 Å². The number of nitrogens with zero attached hydrogens (tertiary/aromatic N) is 3. The number of ether oxygens (including phenoxy) is 2. The molecule has 0 unspecified atom stereocenters. The number of carbonyl (C=O) groups is 2. The number of nitrogens with two attached hydrogens (primary N) is 1. The number of carbonyl (C=O) groups excluding carboxylic acids is 2. The molecule has 0 spiro atoms. The fourth-order valence-corrected chi connectivity index (χ4v) is 0.866. The summed E-state index contributed by atoms with van der Waals surface area (Å²) < 4.78 is 9.87. The predicted octanol–water partition coefficient (Wildman–Crippen LogP) is -1.18. The van der Waals surface area contributed by atoms with E-state index in [9.17, 15) is 9.59 Å². The highest BCUT2D eigenvalue weighted by Gasteiger charge is 2.19. The van der Waals surface area contributed by atoms with Crippen molar-refractivity contribution in [2.75, 3.05) is 20.0 Å². The Kier molecular flexibility index (Phi) is 3.21. The normalized spacial score (nSPS) is 9.73. The summed E-state index contributed by atoms with van der Waals surface area (Å²) >= 11 is 0. The van der Waals surface area contributed by atoms with Crippen molar-refractivity contribution in [1.29, 1.82) is 0 Å². The first kappa shape index (κ1) is 11.0. The largest absolute Gasteiger partial charge is 0.468 e. The lowest BCUT2D eigenvalue weighted by Gasteiger charge is -2.00. The van der Waals surface area contributed by atoms with Crippen LogP contribution in [0, 0.1) is 0 Å². The summed E-state index contributed by atoms with van der Waals surface area (Å²) in [7, 11) is 2.43. The van der Waals surface area contributed by atoms with Gasteiger partial charge in [-0.2, -0.15) is 0 Å². The van der Waals surface area contributed by atoms with Gasteiger partial charge in [0.2, 0.25) is 5.69 Å². The summed E-state index contributed by atoms with van der Waals surface area (Å²) in [6.07, 6.45) is 0. The monoisotopic (exact) mass is 214 g/mol. The van der Waals surface area contributed by atoms with E-state index < -0.39 is 11.9 Å². The van der Waals surface area contributed by atoms with Crippen LogP contribution in [0.25, 0.3) is 0 Å². The third kappa shape index (κ3) is 2.22. The van der Waals surface area contributed by atoms with Crippen LogP contribution < -0.4 is 5.73 Å². The molecule has 0 amide bonds. The SMILES string of the molecule is COC(=O)Cn1nnc(C(=O)OC)c1N. The van der Waals surface area contributed by atoms with Gasteiger partial charge in [0.15, 0.2) is 5.82 Å². The van der Waals surface area contributed by atoms with Crippen molar-refractivity contribution < 1.29 is 19.1 Å². The van der Waals surface area contributed by atoms with E-state index in [4.69, 9.17) is 5.73 Å². The van der Waals surface area contributed by atoms with Crippen LogP contribution in [0.3, 0.4) is 0 Å². The number of hydrogen-bond donors (Lipinski definition) is 1. The summed E-state index contributed by atoms with van der Waals surface area (Å²) in [6, 6.07) is 0. The molecule has 0 aromatic carbocycles. The molecule has 0 aliphatic heterocycles. The predicted molar refractivity (Wildman–Crippen MR) is 47.8 cm³/mol. The van der Waals surface area contributed by atoms with Gasteiger partial charge in [0.05, 0.1) is 14.2 Å². The molecule has 0 radical (unpaired) electrons. The number of hydrogen-bond acceptors (Lipinski definition) is 7. The van der Waals surface area contributed by atoms with Gasteiger partial charge in [-0.15, -0.1) is 5.10 Å². The Hall–Kier alpha value is -2.12. The Morgan fingerprint density at radius 3 is 2.60 bits per heavy atom. The first-order valence-electron chi connectivity index (χ1n) is 3.94. The van der Waals surface area contributed by atoms with Gasteiger partial charge in [0.1, 0.15) is 6.54 Å². The van der Waals surface area contributed by atoms with E-state index in [2.05, 4.69) is 19.8 Å². The Balaban J connectivity index is 2.89. The number of methoxy groups -OCH3 is 2. The Bertz CT molecular complexity index is 386. The number of esters is 2. The van der Waals surface area contributed by atoms with Crippen LogP contribution in [0.15, 0.2) is 0 Å². The van der Waals surface area contributed by atoms with E-state index in [1.54, 1.807) is 0 Å². The van der Waals surface area contributed by atoms with Crippen LogP contribution in [0.1, 0.15) is 10.5 Å². The number of nitrogen functional groups attached to an aromatic ring is 1. The van der Waals surface area contributed by atoms with Gasteiger partial charge in [-0.3, -0.25) is 4.79 Å². The molecule has 8 nitrogen and oxygen atoms in total. The second-order valence-electron chi connectivity index (χ2n) is 2.55. The van der Waals surface area contributed by atoms with Crippen molar-refractivity contribution in [2.45, 2.75) is 6.54 Å². The van der Waals surface area contributed by atoms with E-state index in [0.29, 0.717) is 0 Å². The molecule has 1 aromatic heterocycles. The van der Waals surface area contributed by atoms with Crippen LogP contribution in [0.2, 0.25) is 0 Å². The van der Waals surface area contributed by atoms with Gasteiger partial charge in [-0.05, 0) is 0 Å². The second-order valence-corrected chi connectivity index (χ2v) is 2.55. The first-order valence-corrected chi connectivity index (χ1v) is 3.94. The third-order valence-electron chi connectivity index (χ3n) is 1.66. The Morgan fingerprint density at radius 2 is 2.07 bits per heavy atom. The fraction of sp³-hybridized carbons (Fsp3) is 0.429. The van der Waals surface area contributed by atoms with Gasteiger partial charge < -0.3 is 15.2 Å². The van der Waals surface area contributed by atoms with Gasteiger partial charge >= 0.3 is 11.9 Å². The summed E-state index contributed by atoms with van der Waals surface area (Å²) in [5.41, 5.74) is 5.39. The lowest BCUT2D eigenvalue weighted by molar-refractivity contribution is -0.141. The summed E-state index contributed by atoms with van der Waals surface area (Å²) in [4.78, 5) is 22.0. The van der Waals surface area contributed by atoms with Crippen molar-refractivity contribution in [3.63, 3.8) is 0 Å². The average molecular weight is 214 g/mol. The molecule has 1 heterocycles. The van der Waals surface area contributed by atoms with Crippen molar-refractivity contribution in [3.05, 3.63) is 5.69 Å². The van der Waals surface area contributed by atoms with Crippen LogP contribution >= 0.6 is 0 Å². The van der Waals surface area contributed by atoms with Crippen molar-refractivity contribution in [1.82, 2.24) is 15.0 Å². The number of rotatable bonds is 3. The summed E-state index contributed by atoms with van der Waals surface area (Å²) in [6.45, 7) is -0.202. The highest BCUT2D eigenvalue weighted by molar-refractivity contribution is 5.91. The van der Waals surface area contributed by atoms with E-state index in [-0.39, 0.29) is 18.1 Å². The van der Waals surface area contributed by atoms with E-state index in [1.165, 1.54) is 14.2 Å². The molecule has 1 aromatic rings. The maximum atomic E-state index is 11.1. The smallest absolute Gasteiger partial charge is 0.362 e. The fourth-order valence-electron chi connectivity index (χ4n) is 0.866. The molecule has 8 heteroatoms. The molecule has 0 atom stereocenters. The minimum absolute atomic E-state index is 0.0350. The lowest BCUT2D eigenvalue weighted by atomic mass is 10.4. The quantitative estimate of drug-likeness (QED) is 0.630. The van der Waals surface area contributed by atoms with Gasteiger partial charge in [0, 0.05) is 0 Å². The molecule has 2 N–H and O–H groups in total. The third-order valence-corrected chi connectivity index (χ3v) is 1.66. The molecule has 82 valence electrons. The van der Waals surface area contributed by atoms with E-state index in [1.807, 2.05) is 0 Å². The van der Waals surface area contributed by atoms with Crippen molar-refractivity contribution in [2.24, 2.45) is 0 Å². The summed E-state index contributed by atoms with van der Waals surface area (Å²) in [5.74, 6) is -1.28. The zero-order chi connectivity index (χ0) is 11.4. The number of anilines is 1. The molecule has 0 aliphatic carbocycles. The van der Waals surface area contributed by atoms with Crippen LogP contribution in [-0.4, -0.2) is 41.2 Å². The van der Waals surface area contributed by atoms with E-state index in [0.717, 1.165) is 4.68 Å². The minimum atomic E-state index is -0.705. The molecule has 1 rings (SSSR count). The standard InChI is InChI=1S/C7H10N4O4/c1-14-4(12)3-11-6(8)5(9-10-11)7(13)15-2/h3,8H2,1-2H3. The molecule has 0 aliphatic rings. The van der Waals surface area contributed by atoms with Gasteiger partial charge in [-0.25, -0.2) is 9.48 Å². The Labute approximate surface area is 84.9 Å². The van der Waals surface area contributed by atoms with E-state index >= 15 is 0 Å². The Morgan fingerprint density at radius 1 is 1.40 bits per heavy atom. The molecular formula is C7H10N4O4. The molecule has 15 heavy (non-hydrogen) atoms. The zero-order valence-corrected chi connectivity index (χ0v) is 8.26. The zero-order valence-electron chi connectivity index (χ0n) is 8.26. The molecule has 0 saturated heterocycles. The van der Waals surface area contributed by atoms with Crippen LogP contribution in [-0.2, 0) is 20.8 Å². The molecular weight excluding hydrogens is 204 g/mol. The van der Waals surface area contributed by atoms with Gasteiger partial charge in [0.25, 0.3) is 0 Å². The second kappa shape index (κ2) is 4.40. The molecule has 0 fully saturated rings. The topological polar surface area (TPSA) is 109 Å². The lowest BCUT2D eigenvalue weighted by Crippen LogP contribution is -2.15. The van der Waals surface area contributed by atoms with Gasteiger partial charge in [-0.1, -0.05) is 5.21 Å². The maximum absolute atomic E-state index is 11.1. The molecule has 0 bridgehead atoms. The first-order chi connectivity index (χ1) is 7.10. The number of aromatic nitrogens is 3. The highest BCUT2D eigenvalue weighted by Crippen LogP contribution is 2.08. The minimum Gasteiger partial charge on any atom is -0.468 e. The average Bonchev–Trinajstić information content (AvgIpc) is 2.59. The highest BCUT2D eigenvalue weighted by atomic mass is 16.5. The van der Waals surface area contributed by atoms with Crippen molar-refractivity contribution in [3.8, 4) is 0 Å².